The zero-order chi connectivity index (χ0) is 19.7. The van der Waals surface area contributed by atoms with Crippen LogP contribution in [0.4, 0.5) is 0 Å². The Hall–Kier alpha value is -2.72. The van der Waals surface area contributed by atoms with Crippen molar-refractivity contribution >= 4 is 23.9 Å². The molecule has 0 saturated carbocycles. The van der Waals surface area contributed by atoms with Gasteiger partial charge in [-0.15, -0.1) is 0 Å². The lowest BCUT2D eigenvalue weighted by atomic mass is 10.3. The standard InChI is InChI=1S/C7H16N2.2C4H4O4/c1-2-5-9-6-3-8-4-7-9;2*5-3(6)1-2-4(7)8/h8H,2-7H2,1H3;2*1-2H,(H,5,6)(H,7,8)/b;2*2-1-. The molecule has 1 heterocycles. The van der Waals surface area contributed by atoms with Crippen molar-refractivity contribution in [3.63, 3.8) is 0 Å². The third-order valence-corrected chi connectivity index (χ3v) is 2.49. The Kier molecular flexibility index (Phi) is 15.8. The van der Waals surface area contributed by atoms with Crippen molar-refractivity contribution in [3.05, 3.63) is 24.3 Å². The van der Waals surface area contributed by atoms with Crippen LogP contribution >= 0.6 is 0 Å². The van der Waals surface area contributed by atoms with Gasteiger partial charge < -0.3 is 30.6 Å². The lowest BCUT2D eigenvalue weighted by Crippen LogP contribution is -2.43. The number of nitrogens with one attached hydrogen (secondary N) is 1. The van der Waals surface area contributed by atoms with E-state index in [0.717, 1.165) is 0 Å². The summed E-state index contributed by atoms with van der Waals surface area (Å²) in [4.78, 5) is 40.7. The highest BCUT2D eigenvalue weighted by molar-refractivity contribution is 5.90. The lowest BCUT2D eigenvalue weighted by Gasteiger charge is -2.26. The molecule has 1 fully saturated rings. The molecule has 0 aliphatic carbocycles. The average Bonchev–Trinajstić information content (AvgIpc) is 2.53. The van der Waals surface area contributed by atoms with Crippen LogP contribution in [0.15, 0.2) is 24.3 Å². The predicted octanol–water partition coefficient (Wildman–Crippen LogP) is -0.275. The van der Waals surface area contributed by atoms with Gasteiger partial charge in [0, 0.05) is 50.5 Å². The van der Waals surface area contributed by atoms with Crippen LogP contribution < -0.4 is 5.32 Å². The largest absolute Gasteiger partial charge is 0.478 e. The smallest absolute Gasteiger partial charge is 0.328 e. The van der Waals surface area contributed by atoms with Gasteiger partial charge in [-0.3, -0.25) is 0 Å². The topological polar surface area (TPSA) is 164 Å². The molecule has 0 aromatic carbocycles. The molecule has 0 amide bonds. The zero-order valence-corrected chi connectivity index (χ0v) is 13.9. The molecule has 10 nitrogen and oxygen atoms in total. The van der Waals surface area contributed by atoms with Gasteiger partial charge in [-0.05, 0) is 13.0 Å². The van der Waals surface area contributed by atoms with Crippen LogP contribution in [0, 0.1) is 0 Å². The third kappa shape index (κ3) is 23.7. The van der Waals surface area contributed by atoms with Crippen molar-refractivity contribution in [1.29, 1.82) is 0 Å². The van der Waals surface area contributed by atoms with Gasteiger partial charge in [0.1, 0.15) is 0 Å². The summed E-state index contributed by atoms with van der Waals surface area (Å²) in [6.45, 7) is 8.37. The highest BCUT2D eigenvalue weighted by Gasteiger charge is 2.06. The number of carbonyl (C=O) groups is 4. The summed E-state index contributed by atoms with van der Waals surface area (Å²) in [6.07, 6.45) is 3.52. The monoisotopic (exact) mass is 360 g/mol. The molecule has 142 valence electrons. The first-order valence-electron chi connectivity index (χ1n) is 7.40. The van der Waals surface area contributed by atoms with E-state index in [0.29, 0.717) is 24.3 Å². The highest BCUT2D eigenvalue weighted by atomic mass is 16.4. The minimum Gasteiger partial charge on any atom is -0.478 e. The summed E-state index contributed by atoms with van der Waals surface area (Å²) in [5, 5.41) is 34.6. The normalized spacial score (nSPS) is 14.1. The maximum atomic E-state index is 9.55. The zero-order valence-electron chi connectivity index (χ0n) is 13.9. The van der Waals surface area contributed by atoms with Gasteiger partial charge in [-0.25, -0.2) is 19.2 Å². The summed E-state index contributed by atoms with van der Waals surface area (Å²) >= 11 is 0. The maximum absolute atomic E-state index is 9.55. The second-order valence-corrected chi connectivity index (χ2v) is 4.61. The van der Waals surface area contributed by atoms with E-state index in [1.165, 1.54) is 39.1 Å². The SMILES string of the molecule is CCCN1CCNCC1.O=C(O)/C=C\C(=O)O.O=C(O)/C=C\C(=O)O. The van der Waals surface area contributed by atoms with Crippen molar-refractivity contribution < 1.29 is 39.6 Å². The van der Waals surface area contributed by atoms with Gasteiger partial charge in [0.25, 0.3) is 0 Å². The molecule has 0 aromatic rings. The van der Waals surface area contributed by atoms with Crippen molar-refractivity contribution in [2.45, 2.75) is 13.3 Å². The lowest BCUT2D eigenvalue weighted by molar-refractivity contribution is -0.134. The number of hydrogen-bond acceptors (Lipinski definition) is 6. The van der Waals surface area contributed by atoms with Crippen molar-refractivity contribution in [2.75, 3.05) is 32.7 Å². The Bertz CT molecular complexity index is 413. The van der Waals surface area contributed by atoms with Gasteiger partial charge in [0.2, 0.25) is 0 Å². The van der Waals surface area contributed by atoms with Gasteiger partial charge in [-0.2, -0.15) is 0 Å². The maximum Gasteiger partial charge on any atom is 0.328 e. The average molecular weight is 360 g/mol. The number of aliphatic carboxylic acids is 4. The van der Waals surface area contributed by atoms with Crippen LogP contribution in [0.2, 0.25) is 0 Å². The number of carboxylic acid groups (broad SMARTS) is 4. The Morgan fingerprint density at radius 2 is 1.12 bits per heavy atom. The summed E-state index contributed by atoms with van der Waals surface area (Å²) in [5.74, 6) is -5.03. The quantitative estimate of drug-likeness (QED) is 0.398. The minimum atomic E-state index is -1.26. The van der Waals surface area contributed by atoms with Gasteiger partial charge in [0.05, 0.1) is 0 Å². The second-order valence-electron chi connectivity index (χ2n) is 4.61. The molecular formula is C15H24N2O8. The number of hydrogen-bond donors (Lipinski definition) is 5. The molecule has 0 spiro atoms. The fourth-order valence-electron chi connectivity index (χ4n) is 1.54. The molecule has 0 unspecified atom stereocenters. The first-order valence-corrected chi connectivity index (χ1v) is 7.40. The molecule has 1 aliphatic rings. The van der Waals surface area contributed by atoms with Crippen LogP contribution in [0.25, 0.3) is 0 Å². The van der Waals surface area contributed by atoms with E-state index < -0.39 is 23.9 Å². The molecular weight excluding hydrogens is 336 g/mol. The number of nitrogens with zero attached hydrogens (tertiary/aromatic N) is 1. The van der Waals surface area contributed by atoms with E-state index >= 15 is 0 Å². The van der Waals surface area contributed by atoms with E-state index in [4.69, 9.17) is 20.4 Å². The van der Waals surface area contributed by atoms with Crippen LogP contribution in [-0.4, -0.2) is 81.9 Å². The predicted molar refractivity (Wildman–Crippen MR) is 88.4 cm³/mol. The minimum absolute atomic E-state index is 0.558. The number of piperazine rings is 1. The van der Waals surface area contributed by atoms with Crippen LogP contribution in [-0.2, 0) is 19.2 Å². The molecule has 0 aromatic heterocycles. The van der Waals surface area contributed by atoms with Crippen LogP contribution in [0.3, 0.4) is 0 Å². The molecule has 1 saturated heterocycles. The summed E-state index contributed by atoms with van der Waals surface area (Å²) in [7, 11) is 0. The summed E-state index contributed by atoms with van der Waals surface area (Å²) in [6, 6.07) is 0. The fourth-order valence-corrected chi connectivity index (χ4v) is 1.54. The Balaban J connectivity index is 0. The van der Waals surface area contributed by atoms with Gasteiger partial charge in [-0.1, -0.05) is 6.92 Å². The van der Waals surface area contributed by atoms with Crippen molar-refractivity contribution in [3.8, 4) is 0 Å². The molecule has 1 rings (SSSR count). The molecule has 25 heavy (non-hydrogen) atoms. The van der Waals surface area contributed by atoms with Gasteiger partial charge >= 0.3 is 23.9 Å². The second kappa shape index (κ2) is 16.1. The first-order chi connectivity index (χ1) is 11.7. The molecule has 0 radical (unpaired) electrons. The van der Waals surface area contributed by atoms with Crippen molar-refractivity contribution in [2.24, 2.45) is 0 Å². The first kappa shape index (κ1) is 24.5. The molecule has 0 atom stereocenters. The van der Waals surface area contributed by atoms with E-state index in [9.17, 15) is 19.2 Å². The fraction of sp³-hybridized carbons (Fsp3) is 0.467. The highest BCUT2D eigenvalue weighted by Crippen LogP contribution is 1.92. The summed E-state index contributed by atoms with van der Waals surface area (Å²) in [5.41, 5.74) is 0. The third-order valence-electron chi connectivity index (χ3n) is 2.49. The number of rotatable bonds is 6. The Morgan fingerprint density at radius 1 is 0.800 bits per heavy atom. The van der Waals surface area contributed by atoms with E-state index in [1.807, 2.05) is 0 Å². The molecule has 5 N–H and O–H groups in total. The Labute approximate surface area is 145 Å². The Morgan fingerprint density at radius 3 is 1.36 bits per heavy atom. The van der Waals surface area contributed by atoms with Gasteiger partial charge in [0.15, 0.2) is 0 Å². The van der Waals surface area contributed by atoms with Crippen LogP contribution in [0.1, 0.15) is 13.3 Å². The van der Waals surface area contributed by atoms with E-state index in [1.54, 1.807) is 0 Å². The van der Waals surface area contributed by atoms with E-state index in [-0.39, 0.29) is 0 Å². The van der Waals surface area contributed by atoms with Crippen molar-refractivity contribution in [1.82, 2.24) is 10.2 Å². The van der Waals surface area contributed by atoms with E-state index in [2.05, 4.69) is 17.1 Å². The van der Waals surface area contributed by atoms with Crippen LogP contribution in [0.5, 0.6) is 0 Å². The molecule has 1 aliphatic heterocycles. The molecule has 0 bridgehead atoms. The number of carboxylic acids is 4. The molecule has 10 heteroatoms. The summed E-state index contributed by atoms with van der Waals surface area (Å²) < 4.78 is 0.